The topological polar surface area (TPSA) is 41.1 Å². The highest BCUT2D eigenvalue weighted by molar-refractivity contribution is 14.1. The minimum atomic E-state index is -0.407. The average Bonchev–Trinajstić information content (AvgIpc) is 2.71. The highest BCUT2D eigenvalue weighted by atomic mass is 127. The molecule has 1 aliphatic heterocycles. The van der Waals surface area contributed by atoms with Gasteiger partial charge in [0.2, 0.25) is 5.91 Å². The summed E-state index contributed by atoms with van der Waals surface area (Å²) in [6.45, 7) is 4.91. The van der Waals surface area contributed by atoms with Gasteiger partial charge in [0.1, 0.15) is 0 Å². The molecule has 1 aromatic rings. The zero-order chi connectivity index (χ0) is 12.5. The lowest BCUT2D eigenvalue weighted by molar-refractivity contribution is -0.121. The normalized spacial score (nSPS) is 23.7. The highest BCUT2D eigenvalue weighted by Crippen LogP contribution is 2.23. The number of halogens is 1. The van der Waals surface area contributed by atoms with Crippen LogP contribution in [0.2, 0.25) is 0 Å². The van der Waals surface area contributed by atoms with Crippen LogP contribution in [0.15, 0.2) is 18.2 Å². The van der Waals surface area contributed by atoms with E-state index in [0.717, 1.165) is 30.6 Å². The third-order valence-corrected chi connectivity index (χ3v) is 3.98. The Kier molecular flexibility index (Phi) is 3.73. The predicted octanol–water partition coefficient (Wildman–Crippen LogP) is 2.68. The molecule has 17 heavy (non-hydrogen) atoms. The Bertz CT molecular complexity index is 439. The molecule has 1 unspecified atom stereocenters. The summed E-state index contributed by atoms with van der Waals surface area (Å²) in [6.07, 6.45) is 1.97. The van der Waals surface area contributed by atoms with Gasteiger partial charge >= 0.3 is 0 Å². The van der Waals surface area contributed by atoms with Crippen molar-refractivity contribution in [1.29, 1.82) is 0 Å². The van der Waals surface area contributed by atoms with Gasteiger partial charge in [-0.05, 0) is 79.6 Å². The fourth-order valence-corrected chi connectivity index (χ4v) is 2.76. The Morgan fingerprint density at radius 3 is 2.88 bits per heavy atom. The molecule has 2 N–H and O–H groups in total. The van der Waals surface area contributed by atoms with E-state index in [1.54, 1.807) is 0 Å². The first-order valence-corrected chi connectivity index (χ1v) is 6.92. The summed E-state index contributed by atoms with van der Waals surface area (Å²) in [7, 11) is 0. The summed E-state index contributed by atoms with van der Waals surface area (Å²) in [5, 5.41) is 6.29. The van der Waals surface area contributed by atoms with Crippen molar-refractivity contribution < 1.29 is 4.79 Å². The van der Waals surface area contributed by atoms with Crippen LogP contribution in [0.4, 0.5) is 5.69 Å². The minimum Gasteiger partial charge on any atom is -0.324 e. The van der Waals surface area contributed by atoms with Crippen LogP contribution in [0.3, 0.4) is 0 Å². The number of anilines is 1. The van der Waals surface area contributed by atoms with E-state index in [1.165, 1.54) is 3.57 Å². The first-order valence-electron chi connectivity index (χ1n) is 5.84. The van der Waals surface area contributed by atoms with Crippen molar-refractivity contribution in [1.82, 2.24) is 5.32 Å². The maximum atomic E-state index is 12.2. The number of rotatable bonds is 2. The molecule has 92 valence electrons. The molecular weight excluding hydrogens is 327 g/mol. The molecule has 0 radical (unpaired) electrons. The SMILES string of the molecule is Cc1cc(I)ccc1NC(=O)C1(C)CCCN1. The van der Waals surface area contributed by atoms with Gasteiger partial charge in [0.05, 0.1) is 5.54 Å². The molecule has 0 saturated carbocycles. The average molecular weight is 344 g/mol. The second-order valence-electron chi connectivity index (χ2n) is 4.78. The maximum Gasteiger partial charge on any atom is 0.244 e. The van der Waals surface area contributed by atoms with Gasteiger partial charge in [0.25, 0.3) is 0 Å². The number of carbonyl (C=O) groups is 1. The number of carbonyl (C=O) groups excluding carboxylic acids is 1. The summed E-state index contributed by atoms with van der Waals surface area (Å²) >= 11 is 2.27. The van der Waals surface area contributed by atoms with Gasteiger partial charge in [-0.1, -0.05) is 0 Å². The summed E-state index contributed by atoms with van der Waals surface area (Å²) in [6, 6.07) is 6.04. The molecule has 1 atom stereocenters. The van der Waals surface area contributed by atoms with E-state index in [4.69, 9.17) is 0 Å². The van der Waals surface area contributed by atoms with E-state index < -0.39 is 5.54 Å². The molecule has 0 spiro atoms. The first-order chi connectivity index (χ1) is 8.01. The highest BCUT2D eigenvalue weighted by Gasteiger charge is 2.35. The van der Waals surface area contributed by atoms with Crippen molar-refractivity contribution in [2.75, 3.05) is 11.9 Å². The van der Waals surface area contributed by atoms with Gasteiger partial charge < -0.3 is 10.6 Å². The number of benzene rings is 1. The number of amides is 1. The Morgan fingerprint density at radius 1 is 1.53 bits per heavy atom. The van der Waals surface area contributed by atoms with E-state index >= 15 is 0 Å². The molecule has 1 aliphatic rings. The van der Waals surface area contributed by atoms with E-state index in [-0.39, 0.29) is 5.91 Å². The van der Waals surface area contributed by atoms with E-state index in [2.05, 4.69) is 39.3 Å². The fraction of sp³-hybridized carbons (Fsp3) is 0.462. The Labute approximate surface area is 116 Å². The molecule has 1 saturated heterocycles. The molecule has 1 heterocycles. The Morgan fingerprint density at radius 2 is 2.29 bits per heavy atom. The molecule has 0 bridgehead atoms. The molecule has 0 aromatic heterocycles. The van der Waals surface area contributed by atoms with Crippen LogP contribution in [0.1, 0.15) is 25.3 Å². The van der Waals surface area contributed by atoms with Crippen molar-refractivity contribution in [2.45, 2.75) is 32.2 Å². The van der Waals surface area contributed by atoms with Crippen molar-refractivity contribution in [2.24, 2.45) is 0 Å². The van der Waals surface area contributed by atoms with E-state index in [9.17, 15) is 4.79 Å². The lowest BCUT2D eigenvalue weighted by Crippen LogP contribution is -2.48. The smallest absolute Gasteiger partial charge is 0.244 e. The van der Waals surface area contributed by atoms with Crippen molar-refractivity contribution >= 4 is 34.2 Å². The number of hydrogen-bond acceptors (Lipinski definition) is 2. The van der Waals surface area contributed by atoms with Crippen molar-refractivity contribution in [3.8, 4) is 0 Å². The summed E-state index contributed by atoms with van der Waals surface area (Å²) in [4.78, 5) is 12.2. The van der Waals surface area contributed by atoms with Gasteiger partial charge in [-0.15, -0.1) is 0 Å². The van der Waals surface area contributed by atoms with Crippen LogP contribution < -0.4 is 10.6 Å². The second-order valence-corrected chi connectivity index (χ2v) is 6.02. The molecule has 2 rings (SSSR count). The third-order valence-electron chi connectivity index (χ3n) is 3.31. The lowest BCUT2D eigenvalue weighted by Gasteiger charge is -2.23. The Hall–Kier alpha value is -0.620. The van der Waals surface area contributed by atoms with Crippen LogP contribution in [-0.2, 0) is 4.79 Å². The van der Waals surface area contributed by atoms with Gasteiger partial charge in [-0.25, -0.2) is 0 Å². The maximum absolute atomic E-state index is 12.2. The third kappa shape index (κ3) is 2.80. The van der Waals surface area contributed by atoms with Crippen LogP contribution in [-0.4, -0.2) is 18.0 Å². The minimum absolute atomic E-state index is 0.0688. The number of nitrogens with one attached hydrogen (secondary N) is 2. The first kappa shape index (κ1) is 12.8. The van der Waals surface area contributed by atoms with Crippen LogP contribution in [0.5, 0.6) is 0 Å². The number of aryl methyl sites for hydroxylation is 1. The zero-order valence-electron chi connectivity index (χ0n) is 10.1. The molecular formula is C13H17IN2O. The van der Waals surface area contributed by atoms with Crippen LogP contribution in [0.25, 0.3) is 0 Å². The van der Waals surface area contributed by atoms with Gasteiger partial charge in [0.15, 0.2) is 0 Å². The fourth-order valence-electron chi connectivity index (χ4n) is 2.12. The predicted molar refractivity (Wildman–Crippen MR) is 78.2 cm³/mol. The molecule has 0 aliphatic carbocycles. The molecule has 3 nitrogen and oxygen atoms in total. The lowest BCUT2D eigenvalue weighted by atomic mass is 9.99. The molecule has 1 fully saturated rings. The summed E-state index contributed by atoms with van der Waals surface area (Å²) in [5.74, 6) is 0.0688. The Balaban J connectivity index is 2.13. The van der Waals surface area contributed by atoms with Crippen LogP contribution in [0, 0.1) is 10.5 Å². The number of hydrogen-bond donors (Lipinski definition) is 2. The standard InChI is InChI=1S/C13H17IN2O/c1-9-8-10(14)4-5-11(9)16-12(17)13(2)6-3-7-15-13/h4-5,8,15H,3,6-7H2,1-2H3,(H,16,17). The van der Waals surface area contributed by atoms with Gasteiger partial charge in [0, 0.05) is 9.26 Å². The van der Waals surface area contributed by atoms with Gasteiger partial charge in [-0.2, -0.15) is 0 Å². The molecule has 1 amide bonds. The van der Waals surface area contributed by atoms with Crippen molar-refractivity contribution in [3.05, 3.63) is 27.3 Å². The zero-order valence-corrected chi connectivity index (χ0v) is 12.3. The van der Waals surface area contributed by atoms with Crippen LogP contribution >= 0.6 is 22.6 Å². The largest absolute Gasteiger partial charge is 0.324 e. The molecule has 4 heteroatoms. The van der Waals surface area contributed by atoms with Gasteiger partial charge in [-0.3, -0.25) is 4.79 Å². The van der Waals surface area contributed by atoms with E-state index in [0.29, 0.717) is 0 Å². The molecule has 1 aromatic carbocycles. The second kappa shape index (κ2) is 4.94. The monoisotopic (exact) mass is 344 g/mol. The van der Waals surface area contributed by atoms with Crippen molar-refractivity contribution in [3.63, 3.8) is 0 Å². The van der Waals surface area contributed by atoms with E-state index in [1.807, 2.05) is 26.0 Å². The summed E-state index contributed by atoms with van der Waals surface area (Å²) in [5.41, 5.74) is 1.60. The summed E-state index contributed by atoms with van der Waals surface area (Å²) < 4.78 is 1.18. The quantitative estimate of drug-likeness (QED) is 0.810.